The summed E-state index contributed by atoms with van der Waals surface area (Å²) in [7, 11) is 0. The Balaban J connectivity index is 4.22. The molecule has 0 rings (SSSR count). The SMILES string of the molecule is CC/C=C\C/C=C\C/C=C\C/C=C\C/C=C\C/C=C\CCCCCCCCCCC(=O)OCC(COC(=O)CCCCCCCCCC)OC(=O)CCCCCCC/C=C\CCCCCCCC. The highest BCUT2D eigenvalue weighted by molar-refractivity contribution is 5.71. The number of hydrogen-bond acceptors (Lipinski definition) is 6. The molecular formula is C62H106O6. The first-order valence-corrected chi connectivity index (χ1v) is 28.6. The minimum absolute atomic E-state index is 0.0807. The number of rotatable bonds is 51. The molecule has 0 radical (unpaired) electrons. The van der Waals surface area contributed by atoms with Gasteiger partial charge in [0.15, 0.2) is 6.10 Å². The average molecular weight is 948 g/mol. The first-order valence-electron chi connectivity index (χ1n) is 28.6. The van der Waals surface area contributed by atoms with E-state index in [9.17, 15) is 14.4 Å². The highest BCUT2D eigenvalue weighted by Crippen LogP contribution is 2.15. The zero-order valence-electron chi connectivity index (χ0n) is 44.6. The van der Waals surface area contributed by atoms with E-state index in [-0.39, 0.29) is 31.1 Å². The van der Waals surface area contributed by atoms with Gasteiger partial charge in [0.2, 0.25) is 0 Å². The topological polar surface area (TPSA) is 78.9 Å². The fourth-order valence-corrected chi connectivity index (χ4v) is 7.85. The zero-order valence-corrected chi connectivity index (χ0v) is 44.6. The quantitative estimate of drug-likeness (QED) is 0.0262. The van der Waals surface area contributed by atoms with Gasteiger partial charge in [-0.1, -0.05) is 241 Å². The molecule has 0 aromatic rings. The van der Waals surface area contributed by atoms with E-state index >= 15 is 0 Å². The molecule has 0 aromatic carbocycles. The molecule has 0 spiro atoms. The molecule has 0 N–H and O–H groups in total. The van der Waals surface area contributed by atoms with Crippen molar-refractivity contribution in [2.75, 3.05) is 13.2 Å². The first-order chi connectivity index (χ1) is 33.5. The molecule has 0 saturated carbocycles. The van der Waals surface area contributed by atoms with Crippen LogP contribution in [0.3, 0.4) is 0 Å². The van der Waals surface area contributed by atoms with Crippen LogP contribution in [0.5, 0.6) is 0 Å². The number of hydrogen-bond donors (Lipinski definition) is 0. The third kappa shape index (κ3) is 53.5. The molecule has 0 aliphatic heterocycles. The standard InChI is InChI=1S/C62H106O6/c1-4-7-10-13-16-19-21-23-25-26-27-28-29-30-31-32-33-34-35-36-38-39-41-43-46-49-52-55-61(64)67-58-59(57-66-60(63)54-51-48-45-18-15-12-9-6-3)68-62(65)56-53-50-47-44-42-40-37-24-22-20-17-14-11-8-5-2/h7,10,16,19,23-25,27-28,30-31,33-34,37,59H,4-6,8-9,11-15,17-18,20-22,26,29,32,35-36,38-58H2,1-3H3/b10-7-,19-16-,25-23-,28-27-,31-30-,34-33-,37-24-. The Hall–Kier alpha value is -3.41. The lowest BCUT2D eigenvalue weighted by Crippen LogP contribution is -2.30. The van der Waals surface area contributed by atoms with Gasteiger partial charge in [0.05, 0.1) is 0 Å². The van der Waals surface area contributed by atoms with Crippen LogP contribution in [0.4, 0.5) is 0 Å². The van der Waals surface area contributed by atoms with E-state index in [0.717, 1.165) is 116 Å². The Morgan fingerprint density at radius 3 is 0.912 bits per heavy atom. The second kappa shape index (κ2) is 56.2. The van der Waals surface area contributed by atoms with Gasteiger partial charge < -0.3 is 14.2 Å². The predicted molar refractivity (Wildman–Crippen MR) is 293 cm³/mol. The normalized spacial score (nSPS) is 12.7. The van der Waals surface area contributed by atoms with Crippen molar-refractivity contribution in [3.05, 3.63) is 85.1 Å². The minimum Gasteiger partial charge on any atom is -0.462 e. The Morgan fingerprint density at radius 1 is 0.309 bits per heavy atom. The van der Waals surface area contributed by atoms with Gasteiger partial charge in [0.1, 0.15) is 13.2 Å². The van der Waals surface area contributed by atoms with Gasteiger partial charge >= 0.3 is 17.9 Å². The number of ether oxygens (including phenoxy) is 3. The summed E-state index contributed by atoms with van der Waals surface area (Å²) in [4.78, 5) is 38.0. The van der Waals surface area contributed by atoms with Crippen LogP contribution in [-0.4, -0.2) is 37.2 Å². The molecule has 68 heavy (non-hydrogen) atoms. The molecule has 0 fully saturated rings. The molecule has 0 aliphatic carbocycles. The average Bonchev–Trinajstić information content (AvgIpc) is 3.34. The lowest BCUT2D eigenvalue weighted by atomic mass is 10.1. The number of carbonyl (C=O) groups is 3. The molecule has 0 aliphatic rings. The van der Waals surface area contributed by atoms with Crippen LogP contribution in [0.15, 0.2) is 85.1 Å². The lowest BCUT2D eigenvalue weighted by molar-refractivity contribution is -0.167. The summed E-state index contributed by atoms with van der Waals surface area (Å²) in [6, 6.07) is 0. The van der Waals surface area contributed by atoms with Crippen LogP contribution in [0, 0.1) is 0 Å². The number of unbranched alkanes of at least 4 members (excludes halogenated alkanes) is 26. The molecule has 0 aromatic heterocycles. The lowest BCUT2D eigenvalue weighted by Gasteiger charge is -2.18. The van der Waals surface area contributed by atoms with Crippen LogP contribution in [0.25, 0.3) is 0 Å². The molecule has 390 valence electrons. The summed E-state index contributed by atoms with van der Waals surface area (Å²) in [5, 5.41) is 0. The van der Waals surface area contributed by atoms with Crippen molar-refractivity contribution in [2.45, 2.75) is 277 Å². The summed E-state index contributed by atoms with van der Waals surface area (Å²) in [5.41, 5.74) is 0. The van der Waals surface area contributed by atoms with Crippen molar-refractivity contribution in [2.24, 2.45) is 0 Å². The molecule has 1 atom stereocenters. The summed E-state index contributed by atoms with van der Waals surface area (Å²) in [6.45, 7) is 6.48. The second-order valence-corrected chi connectivity index (χ2v) is 18.8. The van der Waals surface area contributed by atoms with Crippen LogP contribution in [0.1, 0.15) is 271 Å². The molecule has 0 heterocycles. The van der Waals surface area contributed by atoms with Crippen molar-refractivity contribution >= 4 is 17.9 Å². The summed E-state index contributed by atoms with van der Waals surface area (Å²) < 4.78 is 16.8. The third-order valence-electron chi connectivity index (χ3n) is 12.1. The maximum Gasteiger partial charge on any atom is 0.306 e. The van der Waals surface area contributed by atoms with E-state index in [1.54, 1.807) is 0 Å². The van der Waals surface area contributed by atoms with Crippen molar-refractivity contribution in [1.82, 2.24) is 0 Å². The maximum absolute atomic E-state index is 12.8. The number of esters is 3. The molecule has 6 heteroatoms. The molecule has 0 bridgehead atoms. The predicted octanol–water partition coefficient (Wildman–Crippen LogP) is 19.2. The van der Waals surface area contributed by atoms with E-state index in [4.69, 9.17) is 14.2 Å². The minimum atomic E-state index is -0.781. The second-order valence-electron chi connectivity index (χ2n) is 18.8. The van der Waals surface area contributed by atoms with Crippen molar-refractivity contribution in [1.29, 1.82) is 0 Å². The number of allylic oxidation sites excluding steroid dienone is 14. The Morgan fingerprint density at radius 2 is 0.574 bits per heavy atom. The highest BCUT2D eigenvalue weighted by atomic mass is 16.6. The molecule has 1 unspecified atom stereocenters. The van der Waals surface area contributed by atoms with Crippen molar-refractivity contribution in [3.8, 4) is 0 Å². The van der Waals surface area contributed by atoms with Gasteiger partial charge in [0.25, 0.3) is 0 Å². The van der Waals surface area contributed by atoms with Crippen LogP contribution < -0.4 is 0 Å². The van der Waals surface area contributed by atoms with E-state index in [2.05, 4.69) is 106 Å². The molecule has 6 nitrogen and oxygen atoms in total. The summed E-state index contributed by atoms with van der Waals surface area (Å²) in [6.07, 6.45) is 73.0. The van der Waals surface area contributed by atoms with Crippen LogP contribution >= 0.6 is 0 Å². The molecular weight excluding hydrogens is 841 g/mol. The van der Waals surface area contributed by atoms with E-state index in [1.165, 1.54) is 116 Å². The van der Waals surface area contributed by atoms with Gasteiger partial charge in [-0.3, -0.25) is 14.4 Å². The van der Waals surface area contributed by atoms with Crippen LogP contribution in [-0.2, 0) is 28.6 Å². The smallest absolute Gasteiger partial charge is 0.306 e. The largest absolute Gasteiger partial charge is 0.462 e. The molecule has 0 saturated heterocycles. The van der Waals surface area contributed by atoms with Gasteiger partial charge in [-0.2, -0.15) is 0 Å². The third-order valence-corrected chi connectivity index (χ3v) is 12.1. The van der Waals surface area contributed by atoms with Crippen molar-refractivity contribution < 1.29 is 28.6 Å². The van der Waals surface area contributed by atoms with Gasteiger partial charge in [-0.15, -0.1) is 0 Å². The Bertz CT molecular complexity index is 1320. The fraction of sp³-hybridized carbons (Fsp3) is 0.726. The molecule has 0 amide bonds. The van der Waals surface area contributed by atoms with Crippen LogP contribution in [0.2, 0.25) is 0 Å². The highest BCUT2D eigenvalue weighted by Gasteiger charge is 2.19. The Labute approximate surface area is 420 Å². The zero-order chi connectivity index (χ0) is 49.3. The summed E-state index contributed by atoms with van der Waals surface area (Å²) >= 11 is 0. The number of carbonyl (C=O) groups excluding carboxylic acids is 3. The van der Waals surface area contributed by atoms with E-state index < -0.39 is 6.10 Å². The van der Waals surface area contributed by atoms with E-state index in [1.807, 2.05) is 0 Å². The monoisotopic (exact) mass is 947 g/mol. The van der Waals surface area contributed by atoms with Gasteiger partial charge in [0, 0.05) is 19.3 Å². The fourth-order valence-electron chi connectivity index (χ4n) is 7.85. The van der Waals surface area contributed by atoms with E-state index in [0.29, 0.717) is 19.3 Å². The van der Waals surface area contributed by atoms with Gasteiger partial charge in [-0.05, 0) is 96.3 Å². The Kier molecular flexibility index (Phi) is 53.4. The van der Waals surface area contributed by atoms with Crippen molar-refractivity contribution in [3.63, 3.8) is 0 Å². The van der Waals surface area contributed by atoms with Gasteiger partial charge in [-0.25, -0.2) is 0 Å². The first kappa shape index (κ1) is 64.6. The summed E-state index contributed by atoms with van der Waals surface area (Å²) in [5.74, 6) is -0.898. The maximum atomic E-state index is 12.8.